The normalized spacial score (nSPS) is 75.3. The van der Waals surface area contributed by atoms with E-state index in [-0.39, 0.29) is 17.8 Å². The van der Waals surface area contributed by atoms with Crippen LogP contribution in [0.4, 0.5) is 0 Å². The molecular weight excluding hydrogens is 238 g/mol. The largest absolute Gasteiger partial charge is 0.388 e. The van der Waals surface area contributed by atoms with E-state index in [1.165, 1.54) is 0 Å². The number of nitriles is 1. The van der Waals surface area contributed by atoms with Crippen LogP contribution in [0.5, 0.6) is 0 Å². The number of nitrogens with zero attached hydrogens (tertiary/aromatic N) is 1. The molecule has 7 bridgehead atoms. The molecule has 3 nitrogen and oxygen atoms in total. The predicted octanol–water partition coefficient (Wildman–Crippen LogP) is 0.856. The average Bonchev–Trinajstić information content (AvgIpc) is 3.02. The average molecular weight is 253 g/mol. The van der Waals surface area contributed by atoms with Gasteiger partial charge in [-0.3, -0.25) is 0 Å². The standard InChI is InChI=1S/C16H15NO2/c17-6-15(18)12-8-5-7-10-9-3-1-2-4-14(15,11(8)10)16(9,19)13(7)12/h1-4,7-13,18-19H,5H2/t7-,8+,9+,10-,11-,12-,13+,14-,15+,16-/m1/s1. The van der Waals surface area contributed by atoms with Crippen LogP contribution in [0.15, 0.2) is 24.3 Å². The smallest absolute Gasteiger partial charge is 0.166 e. The number of allylic oxidation sites excluding steroid dienone is 2. The van der Waals surface area contributed by atoms with Crippen LogP contribution in [0.2, 0.25) is 0 Å². The fraction of sp³-hybridized carbons (Fsp3) is 0.688. The van der Waals surface area contributed by atoms with Gasteiger partial charge in [0.1, 0.15) is 0 Å². The van der Waals surface area contributed by atoms with Crippen molar-refractivity contribution >= 4 is 0 Å². The zero-order valence-corrected chi connectivity index (χ0v) is 10.4. The van der Waals surface area contributed by atoms with Gasteiger partial charge in [-0.05, 0) is 36.0 Å². The molecule has 0 aromatic rings. The van der Waals surface area contributed by atoms with Crippen LogP contribution in [-0.2, 0) is 0 Å². The van der Waals surface area contributed by atoms with Crippen LogP contribution in [0, 0.1) is 58.2 Å². The molecule has 0 radical (unpaired) electrons. The third-order valence-corrected chi connectivity index (χ3v) is 7.92. The van der Waals surface area contributed by atoms with Crippen molar-refractivity contribution in [3.63, 3.8) is 0 Å². The summed E-state index contributed by atoms with van der Waals surface area (Å²) in [6.45, 7) is 0. The van der Waals surface area contributed by atoms with Crippen molar-refractivity contribution in [2.45, 2.75) is 17.6 Å². The van der Waals surface area contributed by atoms with Crippen molar-refractivity contribution in [3.8, 4) is 6.07 Å². The quantitative estimate of drug-likeness (QED) is 0.629. The molecule has 1 spiro atoms. The van der Waals surface area contributed by atoms with Gasteiger partial charge < -0.3 is 10.2 Å². The Hall–Kier alpha value is -1.11. The van der Waals surface area contributed by atoms with E-state index < -0.39 is 16.6 Å². The monoisotopic (exact) mass is 253 g/mol. The van der Waals surface area contributed by atoms with E-state index in [1.807, 2.05) is 18.2 Å². The topological polar surface area (TPSA) is 64.2 Å². The summed E-state index contributed by atoms with van der Waals surface area (Å²) in [6, 6.07) is 2.23. The van der Waals surface area contributed by atoms with Crippen molar-refractivity contribution < 1.29 is 10.2 Å². The lowest BCUT2D eigenvalue weighted by Gasteiger charge is -2.46. The van der Waals surface area contributed by atoms with Crippen molar-refractivity contribution in [2.24, 2.45) is 46.8 Å². The lowest BCUT2D eigenvalue weighted by Crippen LogP contribution is -2.56. The first kappa shape index (κ1) is 9.74. The maximum absolute atomic E-state index is 11.5. The molecule has 10 atom stereocenters. The van der Waals surface area contributed by atoms with E-state index in [9.17, 15) is 15.5 Å². The molecule has 0 saturated heterocycles. The maximum atomic E-state index is 11.5. The highest BCUT2D eigenvalue weighted by Gasteiger charge is 2.98. The molecular formula is C16H15NO2. The second-order valence-corrected chi connectivity index (χ2v) is 7.56. The maximum Gasteiger partial charge on any atom is 0.166 e. The second-order valence-electron chi connectivity index (χ2n) is 7.56. The Kier molecular flexibility index (Phi) is 1.13. The van der Waals surface area contributed by atoms with E-state index in [1.54, 1.807) is 0 Å². The molecule has 7 aliphatic carbocycles. The minimum absolute atomic E-state index is 0.00917. The second kappa shape index (κ2) is 2.21. The van der Waals surface area contributed by atoms with Crippen molar-refractivity contribution in [2.75, 3.05) is 0 Å². The van der Waals surface area contributed by atoms with Crippen LogP contribution in [0.1, 0.15) is 6.42 Å². The molecule has 6 fully saturated rings. The Morgan fingerprint density at radius 2 is 1.95 bits per heavy atom. The SMILES string of the molecule is N#C[C@]1(O)[C@@H]2[C@H]3C[C@@H]4[C@H]5[C@@H]3[C@]13C=CC=C[C@@H]5[C@@]3(O)[C@@H]42. The minimum atomic E-state index is -1.34. The van der Waals surface area contributed by atoms with Crippen LogP contribution >= 0.6 is 0 Å². The van der Waals surface area contributed by atoms with Gasteiger partial charge in [-0.1, -0.05) is 24.3 Å². The van der Waals surface area contributed by atoms with Crippen LogP contribution in [-0.4, -0.2) is 21.4 Å². The van der Waals surface area contributed by atoms with E-state index in [4.69, 9.17) is 0 Å². The number of hydrogen-bond acceptors (Lipinski definition) is 3. The highest BCUT2D eigenvalue weighted by atomic mass is 16.3. The predicted molar refractivity (Wildman–Crippen MR) is 65.3 cm³/mol. The molecule has 0 aromatic heterocycles. The van der Waals surface area contributed by atoms with Gasteiger partial charge in [0.2, 0.25) is 0 Å². The van der Waals surface area contributed by atoms with Crippen LogP contribution in [0.25, 0.3) is 0 Å². The molecule has 0 aliphatic heterocycles. The van der Waals surface area contributed by atoms with Gasteiger partial charge in [0, 0.05) is 11.8 Å². The first-order valence-corrected chi connectivity index (χ1v) is 7.35. The van der Waals surface area contributed by atoms with Crippen LogP contribution < -0.4 is 0 Å². The molecule has 6 saturated carbocycles. The first-order chi connectivity index (χ1) is 9.13. The van der Waals surface area contributed by atoms with E-state index in [0.717, 1.165) is 6.42 Å². The summed E-state index contributed by atoms with van der Waals surface area (Å²) in [4.78, 5) is 0. The van der Waals surface area contributed by atoms with Gasteiger partial charge in [0.25, 0.3) is 0 Å². The van der Waals surface area contributed by atoms with Gasteiger partial charge in [-0.2, -0.15) is 5.26 Å². The Morgan fingerprint density at radius 1 is 1.11 bits per heavy atom. The fourth-order valence-corrected chi connectivity index (χ4v) is 8.13. The highest BCUT2D eigenvalue weighted by Crippen LogP contribution is 2.92. The summed E-state index contributed by atoms with van der Waals surface area (Å²) in [5.74, 6) is 2.14. The van der Waals surface area contributed by atoms with Gasteiger partial charge in [0.15, 0.2) is 5.60 Å². The summed E-state index contributed by atoms with van der Waals surface area (Å²) in [5.41, 5.74) is -2.90. The van der Waals surface area contributed by atoms with Gasteiger partial charge in [-0.15, -0.1) is 0 Å². The van der Waals surface area contributed by atoms with Crippen molar-refractivity contribution in [1.29, 1.82) is 5.26 Å². The number of aliphatic hydroxyl groups is 2. The Labute approximate surface area is 111 Å². The van der Waals surface area contributed by atoms with E-state index in [0.29, 0.717) is 23.7 Å². The van der Waals surface area contributed by atoms with Crippen molar-refractivity contribution in [1.82, 2.24) is 0 Å². The van der Waals surface area contributed by atoms with Gasteiger partial charge >= 0.3 is 0 Å². The minimum Gasteiger partial charge on any atom is -0.388 e. The van der Waals surface area contributed by atoms with Crippen molar-refractivity contribution in [3.05, 3.63) is 24.3 Å². The molecule has 3 heteroatoms. The lowest BCUT2D eigenvalue weighted by atomic mass is 9.60. The summed E-state index contributed by atoms with van der Waals surface area (Å²) < 4.78 is 0. The Morgan fingerprint density at radius 3 is 2.74 bits per heavy atom. The molecule has 7 rings (SSSR count). The summed E-state index contributed by atoms with van der Waals surface area (Å²) >= 11 is 0. The molecule has 0 unspecified atom stereocenters. The highest BCUT2D eigenvalue weighted by molar-refractivity contribution is 5.54. The molecule has 96 valence electrons. The third kappa shape index (κ3) is 0.532. The van der Waals surface area contributed by atoms with Crippen LogP contribution in [0.3, 0.4) is 0 Å². The van der Waals surface area contributed by atoms with E-state index >= 15 is 0 Å². The van der Waals surface area contributed by atoms with Gasteiger partial charge in [-0.25, -0.2) is 0 Å². The summed E-state index contributed by atoms with van der Waals surface area (Å²) in [6.07, 6.45) is 9.21. The van der Waals surface area contributed by atoms with Gasteiger partial charge in [0.05, 0.1) is 17.1 Å². The molecule has 0 aromatic carbocycles. The Bertz CT molecular complexity index is 648. The number of hydrogen-bond donors (Lipinski definition) is 2. The fourth-order valence-electron chi connectivity index (χ4n) is 8.13. The molecule has 7 aliphatic rings. The molecule has 0 heterocycles. The zero-order chi connectivity index (χ0) is 12.8. The number of rotatable bonds is 0. The molecule has 19 heavy (non-hydrogen) atoms. The zero-order valence-electron chi connectivity index (χ0n) is 10.4. The molecule has 2 N–H and O–H groups in total. The molecule has 0 amide bonds. The third-order valence-electron chi connectivity index (χ3n) is 7.92. The summed E-state index contributed by atoms with van der Waals surface area (Å²) in [7, 11) is 0. The Balaban J connectivity index is 1.82. The van der Waals surface area contributed by atoms with E-state index in [2.05, 4.69) is 12.1 Å². The lowest BCUT2D eigenvalue weighted by molar-refractivity contribution is -0.121. The summed E-state index contributed by atoms with van der Waals surface area (Å²) in [5, 5.41) is 32.4. The first-order valence-electron chi connectivity index (χ1n) is 7.35.